The maximum absolute atomic E-state index is 11.9. The summed E-state index contributed by atoms with van der Waals surface area (Å²) in [6.07, 6.45) is 2.20. The lowest BCUT2D eigenvalue weighted by atomic mass is 10.2. The number of benzene rings is 2. The van der Waals surface area contributed by atoms with E-state index in [1.54, 1.807) is 0 Å². The van der Waals surface area contributed by atoms with E-state index >= 15 is 0 Å². The Labute approximate surface area is 145 Å². The van der Waals surface area contributed by atoms with E-state index in [0.29, 0.717) is 13.0 Å². The van der Waals surface area contributed by atoms with Crippen molar-refractivity contribution in [2.45, 2.75) is 26.2 Å². The summed E-state index contributed by atoms with van der Waals surface area (Å²) < 4.78 is 6.73. The van der Waals surface area contributed by atoms with Crippen molar-refractivity contribution in [2.24, 2.45) is 0 Å². The second-order valence-corrected chi connectivity index (χ2v) is 6.31. The highest BCUT2D eigenvalue weighted by molar-refractivity contribution is 14.1. The molecule has 0 aliphatic rings. The molecular formula is C18H20INO2. The highest BCUT2D eigenvalue weighted by Crippen LogP contribution is 2.17. The molecule has 3 nitrogen and oxygen atoms in total. The third-order valence-electron chi connectivity index (χ3n) is 3.20. The molecule has 0 saturated carbocycles. The van der Waals surface area contributed by atoms with Gasteiger partial charge in [-0.15, -0.1) is 0 Å². The predicted molar refractivity (Wildman–Crippen MR) is 98.3 cm³/mol. The quantitative estimate of drug-likeness (QED) is 0.528. The van der Waals surface area contributed by atoms with Crippen LogP contribution in [0.3, 0.4) is 0 Å². The second-order valence-electron chi connectivity index (χ2n) is 5.15. The summed E-state index contributed by atoms with van der Waals surface area (Å²) in [7, 11) is 0. The molecule has 0 saturated heterocycles. The monoisotopic (exact) mass is 409 g/mol. The fourth-order valence-electron chi connectivity index (χ4n) is 2.06. The van der Waals surface area contributed by atoms with E-state index < -0.39 is 0 Å². The first-order valence-corrected chi connectivity index (χ1v) is 8.47. The van der Waals surface area contributed by atoms with E-state index in [0.717, 1.165) is 27.8 Å². The Hall–Kier alpha value is -1.56. The van der Waals surface area contributed by atoms with Gasteiger partial charge in [0.25, 0.3) is 0 Å². The number of ether oxygens (including phenoxy) is 1. The topological polar surface area (TPSA) is 38.3 Å². The Morgan fingerprint density at radius 1 is 1.14 bits per heavy atom. The van der Waals surface area contributed by atoms with Crippen LogP contribution in [-0.2, 0) is 4.79 Å². The number of unbranched alkanes of at least 4 members (excludes halogenated alkanes) is 1. The Kier molecular flexibility index (Phi) is 6.71. The lowest BCUT2D eigenvalue weighted by Gasteiger charge is -2.08. The van der Waals surface area contributed by atoms with E-state index in [1.807, 2.05) is 55.5 Å². The average molecular weight is 409 g/mol. The molecule has 2 aromatic carbocycles. The maximum Gasteiger partial charge on any atom is 0.224 e. The number of carbonyl (C=O) groups is 1. The van der Waals surface area contributed by atoms with Gasteiger partial charge >= 0.3 is 0 Å². The molecule has 0 heterocycles. The first kappa shape index (κ1) is 16.8. The average Bonchev–Trinajstić information content (AvgIpc) is 2.49. The number of anilines is 1. The minimum absolute atomic E-state index is 0.0553. The molecule has 1 amide bonds. The molecule has 116 valence electrons. The number of hydrogen-bond acceptors (Lipinski definition) is 2. The number of halogens is 1. The van der Waals surface area contributed by atoms with Gasteiger partial charge in [-0.3, -0.25) is 4.79 Å². The first-order valence-electron chi connectivity index (χ1n) is 7.39. The lowest BCUT2D eigenvalue weighted by molar-refractivity contribution is -0.116. The van der Waals surface area contributed by atoms with Crippen LogP contribution in [0.4, 0.5) is 5.69 Å². The first-order chi connectivity index (χ1) is 10.6. The third kappa shape index (κ3) is 5.67. The molecule has 0 aliphatic heterocycles. The molecule has 4 heteroatoms. The molecule has 0 unspecified atom stereocenters. The number of nitrogens with one attached hydrogen (secondary N) is 1. The molecule has 0 fully saturated rings. The van der Waals surface area contributed by atoms with Crippen molar-refractivity contribution in [1.82, 2.24) is 0 Å². The van der Waals surface area contributed by atoms with Gasteiger partial charge in [-0.05, 0) is 72.2 Å². The number of amides is 1. The molecule has 0 radical (unpaired) electrons. The minimum Gasteiger partial charge on any atom is -0.494 e. The van der Waals surface area contributed by atoms with Crippen LogP contribution >= 0.6 is 22.6 Å². The van der Waals surface area contributed by atoms with Crippen molar-refractivity contribution >= 4 is 34.2 Å². The van der Waals surface area contributed by atoms with E-state index in [-0.39, 0.29) is 5.91 Å². The summed E-state index contributed by atoms with van der Waals surface area (Å²) >= 11 is 2.22. The normalized spacial score (nSPS) is 10.3. The molecule has 0 aromatic heterocycles. The van der Waals surface area contributed by atoms with E-state index in [9.17, 15) is 4.79 Å². The van der Waals surface area contributed by atoms with Crippen molar-refractivity contribution in [1.29, 1.82) is 0 Å². The van der Waals surface area contributed by atoms with Crippen molar-refractivity contribution < 1.29 is 9.53 Å². The summed E-state index contributed by atoms with van der Waals surface area (Å²) in [6, 6.07) is 15.8. The van der Waals surface area contributed by atoms with E-state index in [1.165, 1.54) is 5.56 Å². The van der Waals surface area contributed by atoms with E-state index in [2.05, 4.69) is 27.9 Å². The molecule has 0 spiro atoms. The third-order valence-corrected chi connectivity index (χ3v) is 4.15. The Morgan fingerprint density at radius 3 is 2.73 bits per heavy atom. The summed E-state index contributed by atoms with van der Waals surface area (Å²) in [6.45, 7) is 2.68. The maximum atomic E-state index is 11.9. The fraction of sp³-hybridized carbons (Fsp3) is 0.278. The van der Waals surface area contributed by atoms with Gasteiger partial charge in [-0.25, -0.2) is 0 Å². The van der Waals surface area contributed by atoms with Gasteiger partial charge < -0.3 is 10.1 Å². The van der Waals surface area contributed by atoms with Gasteiger partial charge in [-0.2, -0.15) is 0 Å². The molecule has 0 aliphatic carbocycles. The van der Waals surface area contributed by atoms with Crippen LogP contribution in [-0.4, -0.2) is 12.5 Å². The molecule has 0 atom stereocenters. The second kappa shape index (κ2) is 8.78. The zero-order valence-corrected chi connectivity index (χ0v) is 14.8. The molecule has 1 N–H and O–H groups in total. The summed E-state index contributed by atoms with van der Waals surface area (Å²) in [5, 5.41) is 2.94. The largest absolute Gasteiger partial charge is 0.494 e. The van der Waals surface area contributed by atoms with E-state index in [4.69, 9.17) is 4.74 Å². The zero-order valence-electron chi connectivity index (χ0n) is 12.6. The number of para-hydroxylation sites is 1. The van der Waals surface area contributed by atoms with Crippen LogP contribution in [0.2, 0.25) is 0 Å². The van der Waals surface area contributed by atoms with Crippen molar-refractivity contribution in [2.75, 3.05) is 11.9 Å². The van der Waals surface area contributed by atoms with Crippen LogP contribution in [0.15, 0.2) is 48.5 Å². The highest BCUT2D eigenvalue weighted by atomic mass is 127. The zero-order chi connectivity index (χ0) is 15.8. The molecule has 22 heavy (non-hydrogen) atoms. The van der Waals surface area contributed by atoms with Gasteiger partial charge in [0.2, 0.25) is 5.91 Å². The highest BCUT2D eigenvalue weighted by Gasteiger charge is 2.04. The van der Waals surface area contributed by atoms with Gasteiger partial charge in [0.15, 0.2) is 0 Å². The minimum atomic E-state index is 0.0553. The number of carbonyl (C=O) groups excluding carboxylic acids is 1. The molecular weight excluding hydrogens is 389 g/mol. The van der Waals surface area contributed by atoms with Crippen molar-refractivity contribution in [3.63, 3.8) is 0 Å². The number of rotatable bonds is 7. The molecule has 2 rings (SSSR count). The fourth-order valence-corrected chi connectivity index (χ4v) is 2.58. The smallest absolute Gasteiger partial charge is 0.224 e. The summed E-state index contributed by atoms with van der Waals surface area (Å²) in [5.74, 6) is 0.947. The van der Waals surface area contributed by atoms with Crippen LogP contribution < -0.4 is 10.1 Å². The summed E-state index contributed by atoms with van der Waals surface area (Å²) in [4.78, 5) is 11.9. The Balaban J connectivity index is 1.64. The molecule has 0 bridgehead atoms. The van der Waals surface area contributed by atoms with Crippen LogP contribution in [0.5, 0.6) is 5.75 Å². The van der Waals surface area contributed by atoms with Crippen LogP contribution in [0, 0.1) is 10.5 Å². The van der Waals surface area contributed by atoms with Crippen molar-refractivity contribution in [3.05, 3.63) is 57.7 Å². The lowest BCUT2D eigenvalue weighted by Crippen LogP contribution is -2.12. The van der Waals surface area contributed by atoms with Crippen LogP contribution in [0.1, 0.15) is 24.8 Å². The number of aryl methyl sites for hydroxylation is 1. The standard InChI is InChI=1S/C18H20INO2/c1-14-7-6-8-15(13-14)22-12-5-4-11-18(21)20-17-10-3-2-9-16(17)19/h2-3,6-10,13H,4-5,11-12H2,1H3,(H,20,21). The predicted octanol–water partition coefficient (Wildman–Crippen LogP) is 4.79. The van der Waals surface area contributed by atoms with Gasteiger partial charge in [0.1, 0.15) is 5.75 Å². The van der Waals surface area contributed by atoms with Gasteiger partial charge in [-0.1, -0.05) is 24.3 Å². The molecule has 2 aromatic rings. The van der Waals surface area contributed by atoms with Crippen LogP contribution in [0.25, 0.3) is 0 Å². The SMILES string of the molecule is Cc1cccc(OCCCCC(=O)Nc2ccccc2I)c1. The Morgan fingerprint density at radius 2 is 1.95 bits per heavy atom. The van der Waals surface area contributed by atoms with Gasteiger partial charge in [0.05, 0.1) is 12.3 Å². The summed E-state index contributed by atoms with van der Waals surface area (Å²) in [5.41, 5.74) is 2.07. The van der Waals surface area contributed by atoms with Crippen molar-refractivity contribution in [3.8, 4) is 5.75 Å². The Bertz CT molecular complexity index is 628. The van der Waals surface area contributed by atoms with Gasteiger partial charge in [0, 0.05) is 9.99 Å². The number of hydrogen-bond donors (Lipinski definition) is 1.